The molecule has 0 radical (unpaired) electrons. The maximum Gasteiger partial charge on any atom is 0.323 e. The lowest BCUT2D eigenvalue weighted by Crippen LogP contribution is -2.41. The van der Waals surface area contributed by atoms with Crippen LogP contribution in [0.15, 0.2) is 18.3 Å². The maximum atomic E-state index is 11.5. The van der Waals surface area contributed by atoms with E-state index in [2.05, 4.69) is 10.3 Å². The first-order valence-corrected chi connectivity index (χ1v) is 5.77. The molecule has 1 N–H and O–H groups in total. The highest BCUT2D eigenvalue weighted by molar-refractivity contribution is 5.75. The fraction of sp³-hybridized carbons (Fsp3) is 0.538. The number of aromatic nitrogens is 1. The van der Waals surface area contributed by atoms with Crippen LogP contribution in [0.2, 0.25) is 0 Å². The van der Waals surface area contributed by atoms with Gasteiger partial charge in [0, 0.05) is 18.4 Å². The van der Waals surface area contributed by atoms with Crippen molar-refractivity contribution in [3.05, 3.63) is 29.6 Å². The standard InChI is InChI=1S/C13H20N2O2/c1-9(2)12(13(16)17-4)15-8-11-6-5-10(3)14-7-11/h5-7,9,12,15H,8H2,1-4H3. The molecular weight excluding hydrogens is 216 g/mol. The zero-order valence-corrected chi connectivity index (χ0v) is 10.9. The van der Waals surface area contributed by atoms with Gasteiger partial charge in [-0.3, -0.25) is 9.78 Å². The van der Waals surface area contributed by atoms with E-state index in [-0.39, 0.29) is 17.9 Å². The third kappa shape index (κ3) is 4.15. The molecule has 1 aromatic rings. The molecule has 1 aromatic heterocycles. The molecular formula is C13H20N2O2. The Kier molecular flexibility index (Phi) is 5.10. The third-order valence-electron chi connectivity index (χ3n) is 2.62. The summed E-state index contributed by atoms with van der Waals surface area (Å²) >= 11 is 0. The van der Waals surface area contributed by atoms with Crippen LogP contribution in [0.25, 0.3) is 0 Å². The molecule has 0 fully saturated rings. The summed E-state index contributed by atoms with van der Waals surface area (Å²) in [4.78, 5) is 15.7. The van der Waals surface area contributed by atoms with Gasteiger partial charge in [0.2, 0.25) is 0 Å². The van der Waals surface area contributed by atoms with Gasteiger partial charge in [-0.05, 0) is 24.5 Å². The second-order valence-electron chi connectivity index (χ2n) is 4.43. The molecule has 0 saturated carbocycles. The average Bonchev–Trinajstić information content (AvgIpc) is 2.31. The van der Waals surface area contributed by atoms with Gasteiger partial charge in [-0.25, -0.2) is 0 Å². The predicted molar refractivity (Wildman–Crippen MR) is 66.5 cm³/mol. The van der Waals surface area contributed by atoms with Crippen LogP contribution < -0.4 is 5.32 Å². The largest absolute Gasteiger partial charge is 0.468 e. The van der Waals surface area contributed by atoms with Gasteiger partial charge < -0.3 is 10.1 Å². The highest BCUT2D eigenvalue weighted by Crippen LogP contribution is 2.06. The van der Waals surface area contributed by atoms with E-state index in [9.17, 15) is 4.79 Å². The molecule has 0 aliphatic carbocycles. The molecule has 94 valence electrons. The summed E-state index contributed by atoms with van der Waals surface area (Å²) in [7, 11) is 1.41. The average molecular weight is 236 g/mol. The first-order chi connectivity index (χ1) is 8.04. The van der Waals surface area contributed by atoms with Crippen molar-refractivity contribution in [1.29, 1.82) is 0 Å². The Labute approximate surface area is 102 Å². The van der Waals surface area contributed by atoms with Gasteiger partial charge in [0.15, 0.2) is 0 Å². The minimum Gasteiger partial charge on any atom is -0.468 e. The highest BCUT2D eigenvalue weighted by Gasteiger charge is 2.21. The zero-order valence-electron chi connectivity index (χ0n) is 10.9. The molecule has 1 rings (SSSR count). The number of carbonyl (C=O) groups is 1. The highest BCUT2D eigenvalue weighted by atomic mass is 16.5. The zero-order chi connectivity index (χ0) is 12.8. The Bertz CT molecular complexity index is 360. The lowest BCUT2D eigenvalue weighted by atomic mass is 10.0. The number of aryl methyl sites for hydroxylation is 1. The van der Waals surface area contributed by atoms with Gasteiger partial charge >= 0.3 is 5.97 Å². The van der Waals surface area contributed by atoms with Crippen molar-refractivity contribution >= 4 is 5.97 Å². The van der Waals surface area contributed by atoms with Crippen LogP contribution >= 0.6 is 0 Å². The normalized spacial score (nSPS) is 12.5. The summed E-state index contributed by atoms with van der Waals surface area (Å²) in [6.07, 6.45) is 1.82. The molecule has 0 aliphatic rings. The molecule has 4 nitrogen and oxygen atoms in total. The first kappa shape index (κ1) is 13.6. The maximum absolute atomic E-state index is 11.5. The van der Waals surface area contributed by atoms with E-state index < -0.39 is 0 Å². The van der Waals surface area contributed by atoms with Gasteiger partial charge in [0.1, 0.15) is 6.04 Å². The van der Waals surface area contributed by atoms with E-state index in [1.807, 2.05) is 39.1 Å². The smallest absolute Gasteiger partial charge is 0.323 e. The van der Waals surface area contributed by atoms with Gasteiger partial charge in [0.05, 0.1) is 7.11 Å². The van der Waals surface area contributed by atoms with E-state index >= 15 is 0 Å². The number of ether oxygens (including phenoxy) is 1. The minimum absolute atomic E-state index is 0.195. The van der Waals surface area contributed by atoms with E-state index in [0.717, 1.165) is 11.3 Å². The van der Waals surface area contributed by atoms with Crippen molar-refractivity contribution in [3.8, 4) is 0 Å². The fourth-order valence-corrected chi connectivity index (χ4v) is 1.55. The summed E-state index contributed by atoms with van der Waals surface area (Å²) in [5.74, 6) is -0.0269. The number of pyridine rings is 1. The van der Waals surface area contributed by atoms with Crippen LogP contribution in [0.3, 0.4) is 0 Å². The lowest BCUT2D eigenvalue weighted by molar-refractivity contribution is -0.144. The van der Waals surface area contributed by atoms with Gasteiger partial charge in [0.25, 0.3) is 0 Å². The fourth-order valence-electron chi connectivity index (χ4n) is 1.55. The molecule has 0 spiro atoms. The molecule has 0 saturated heterocycles. The lowest BCUT2D eigenvalue weighted by Gasteiger charge is -2.19. The topological polar surface area (TPSA) is 51.2 Å². The molecule has 1 unspecified atom stereocenters. The number of nitrogens with zero attached hydrogens (tertiary/aromatic N) is 1. The second-order valence-corrected chi connectivity index (χ2v) is 4.43. The molecule has 0 aromatic carbocycles. The summed E-state index contributed by atoms with van der Waals surface area (Å²) < 4.78 is 4.76. The van der Waals surface area contributed by atoms with Gasteiger partial charge in [-0.15, -0.1) is 0 Å². The van der Waals surface area contributed by atoms with Crippen LogP contribution in [0, 0.1) is 12.8 Å². The Morgan fingerprint density at radius 1 is 1.47 bits per heavy atom. The number of carbonyl (C=O) groups excluding carboxylic acids is 1. The summed E-state index contributed by atoms with van der Waals surface area (Å²) in [5, 5.41) is 3.19. The monoisotopic (exact) mass is 236 g/mol. The summed E-state index contributed by atoms with van der Waals surface area (Å²) in [6.45, 7) is 6.54. The second kappa shape index (κ2) is 6.35. The van der Waals surface area contributed by atoms with E-state index in [1.165, 1.54) is 7.11 Å². The Balaban J connectivity index is 2.58. The molecule has 0 bridgehead atoms. The van der Waals surface area contributed by atoms with Gasteiger partial charge in [-0.2, -0.15) is 0 Å². The van der Waals surface area contributed by atoms with Crippen LogP contribution in [-0.4, -0.2) is 24.1 Å². The SMILES string of the molecule is COC(=O)C(NCc1ccc(C)nc1)C(C)C. The Morgan fingerprint density at radius 3 is 2.65 bits per heavy atom. The Hall–Kier alpha value is -1.42. The molecule has 0 aliphatic heterocycles. The number of methoxy groups -OCH3 is 1. The number of esters is 1. The predicted octanol–water partition coefficient (Wildman–Crippen LogP) is 1.68. The van der Waals surface area contributed by atoms with Crippen LogP contribution in [0.4, 0.5) is 0 Å². The van der Waals surface area contributed by atoms with Crippen molar-refractivity contribution in [2.45, 2.75) is 33.4 Å². The summed E-state index contributed by atoms with van der Waals surface area (Å²) in [5.41, 5.74) is 2.05. The van der Waals surface area contributed by atoms with Gasteiger partial charge in [-0.1, -0.05) is 19.9 Å². The van der Waals surface area contributed by atoms with Crippen molar-refractivity contribution in [1.82, 2.24) is 10.3 Å². The van der Waals surface area contributed by atoms with Crippen molar-refractivity contribution < 1.29 is 9.53 Å². The quantitative estimate of drug-likeness (QED) is 0.790. The van der Waals surface area contributed by atoms with Crippen LogP contribution in [0.1, 0.15) is 25.1 Å². The number of hydrogen-bond acceptors (Lipinski definition) is 4. The van der Waals surface area contributed by atoms with Crippen LogP contribution in [0.5, 0.6) is 0 Å². The Morgan fingerprint density at radius 2 is 2.18 bits per heavy atom. The number of hydrogen-bond donors (Lipinski definition) is 1. The molecule has 1 heterocycles. The number of rotatable bonds is 5. The first-order valence-electron chi connectivity index (χ1n) is 5.77. The van der Waals surface area contributed by atoms with Crippen molar-refractivity contribution in [2.24, 2.45) is 5.92 Å². The summed E-state index contributed by atoms with van der Waals surface area (Å²) in [6, 6.07) is 3.69. The van der Waals surface area contributed by atoms with Crippen molar-refractivity contribution in [2.75, 3.05) is 7.11 Å². The van der Waals surface area contributed by atoms with E-state index in [1.54, 1.807) is 0 Å². The third-order valence-corrected chi connectivity index (χ3v) is 2.62. The van der Waals surface area contributed by atoms with Crippen LogP contribution in [-0.2, 0) is 16.1 Å². The van der Waals surface area contributed by atoms with Crippen molar-refractivity contribution in [3.63, 3.8) is 0 Å². The molecule has 17 heavy (non-hydrogen) atoms. The van der Waals surface area contributed by atoms with E-state index in [4.69, 9.17) is 4.74 Å². The molecule has 4 heteroatoms. The number of nitrogens with one attached hydrogen (secondary N) is 1. The molecule has 1 atom stereocenters. The van der Waals surface area contributed by atoms with E-state index in [0.29, 0.717) is 6.54 Å². The minimum atomic E-state index is -0.277. The molecule has 0 amide bonds.